The third-order valence-corrected chi connectivity index (χ3v) is 4.36. The lowest BCUT2D eigenvalue weighted by Gasteiger charge is -2.08. The highest BCUT2D eigenvalue weighted by atomic mass is 19.1. The first-order chi connectivity index (χ1) is 14.5. The zero-order chi connectivity index (χ0) is 21.1. The molecule has 0 saturated carbocycles. The van der Waals surface area contributed by atoms with Gasteiger partial charge in [0.25, 0.3) is 11.8 Å². The molecule has 0 fully saturated rings. The minimum atomic E-state index is -0.528. The molecule has 11 heteroatoms. The molecule has 30 heavy (non-hydrogen) atoms. The topological polar surface area (TPSA) is 120 Å². The first kappa shape index (κ1) is 18.9. The summed E-state index contributed by atoms with van der Waals surface area (Å²) >= 11 is 0. The van der Waals surface area contributed by atoms with E-state index in [-0.39, 0.29) is 11.4 Å². The average molecular weight is 406 g/mol. The molecular weight excluding hydrogens is 391 g/mol. The fraction of sp³-hybridized carbons (Fsp3) is 0.0526. The number of hydrogen-bond donors (Lipinski definition) is 2. The zero-order valence-electron chi connectivity index (χ0n) is 15.7. The quantitative estimate of drug-likeness (QED) is 0.494. The molecule has 2 aromatic heterocycles. The SMILES string of the molecule is Cc1c(C(=O)NNC(=O)c2ccc(-n3cnnn3)cc2)cnn1-c1ccc(F)cc1. The highest BCUT2D eigenvalue weighted by Crippen LogP contribution is 2.14. The molecule has 0 spiro atoms. The highest BCUT2D eigenvalue weighted by molar-refractivity contribution is 5.99. The Hall–Kier alpha value is -4.41. The van der Waals surface area contributed by atoms with Gasteiger partial charge in [-0.1, -0.05) is 0 Å². The number of carbonyl (C=O) groups excluding carboxylic acids is 2. The second kappa shape index (κ2) is 7.91. The second-order valence-electron chi connectivity index (χ2n) is 6.24. The van der Waals surface area contributed by atoms with Crippen LogP contribution in [-0.2, 0) is 0 Å². The number of hydrogen-bond acceptors (Lipinski definition) is 6. The number of rotatable bonds is 4. The Balaban J connectivity index is 1.41. The third kappa shape index (κ3) is 3.76. The summed E-state index contributed by atoms with van der Waals surface area (Å²) in [4.78, 5) is 24.7. The van der Waals surface area contributed by atoms with Crippen LogP contribution in [0.4, 0.5) is 4.39 Å². The number of aromatic nitrogens is 6. The van der Waals surface area contributed by atoms with Gasteiger partial charge in [0, 0.05) is 5.56 Å². The Morgan fingerprint density at radius 2 is 1.60 bits per heavy atom. The molecule has 0 unspecified atom stereocenters. The van der Waals surface area contributed by atoms with Gasteiger partial charge in [0.15, 0.2) is 0 Å². The van der Waals surface area contributed by atoms with Crippen LogP contribution >= 0.6 is 0 Å². The van der Waals surface area contributed by atoms with Crippen molar-refractivity contribution in [2.24, 2.45) is 0 Å². The molecule has 10 nitrogen and oxygen atoms in total. The van der Waals surface area contributed by atoms with E-state index in [1.807, 2.05) is 0 Å². The molecule has 0 bridgehead atoms. The molecule has 150 valence electrons. The number of hydrazine groups is 1. The van der Waals surface area contributed by atoms with Crippen LogP contribution in [0.1, 0.15) is 26.4 Å². The minimum absolute atomic E-state index is 0.272. The van der Waals surface area contributed by atoms with Gasteiger partial charge in [-0.15, -0.1) is 5.10 Å². The van der Waals surface area contributed by atoms with Crippen LogP contribution in [0.15, 0.2) is 61.1 Å². The lowest BCUT2D eigenvalue weighted by Crippen LogP contribution is -2.41. The van der Waals surface area contributed by atoms with E-state index < -0.39 is 11.8 Å². The van der Waals surface area contributed by atoms with Crippen molar-refractivity contribution in [1.29, 1.82) is 0 Å². The van der Waals surface area contributed by atoms with Gasteiger partial charge in [-0.3, -0.25) is 20.4 Å². The normalized spacial score (nSPS) is 10.6. The molecule has 2 heterocycles. The average Bonchev–Trinajstić information content (AvgIpc) is 3.43. The van der Waals surface area contributed by atoms with E-state index in [1.54, 1.807) is 43.3 Å². The largest absolute Gasteiger partial charge is 0.273 e. The van der Waals surface area contributed by atoms with Crippen molar-refractivity contribution in [2.45, 2.75) is 6.92 Å². The number of benzene rings is 2. The molecule has 2 aromatic carbocycles. The van der Waals surface area contributed by atoms with Crippen LogP contribution in [0.5, 0.6) is 0 Å². The van der Waals surface area contributed by atoms with Crippen molar-refractivity contribution < 1.29 is 14.0 Å². The Morgan fingerprint density at radius 1 is 0.933 bits per heavy atom. The molecular formula is C19H15FN8O2. The predicted octanol–water partition coefficient (Wildman–Crippen LogP) is 1.37. The van der Waals surface area contributed by atoms with Gasteiger partial charge >= 0.3 is 0 Å². The Kier molecular flexibility index (Phi) is 4.99. The maximum atomic E-state index is 13.1. The van der Waals surface area contributed by atoms with Gasteiger partial charge in [0.05, 0.1) is 28.8 Å². The standard InChI is InChI=1S/C19H15FN8O2/c1-12-17(10-22-28(12)16-8-4-14(20)5-9-16)19(30)24-23-18(29)13-2-6-15(7-3-13)27-11-21-25-26-27/h2-11H,1H3,(H,23,29)(H,24,30). The van der Waals surface area contributed by atoms with Gasteiger partial charge in [-0.25, -0.2) is 13.8 Å². The molecule has 4 rings (SSSR count). The Morgan fingerprint density at radius 3 is 2.27 bits per heavy atom. The van der Waals surface area contributed by atoms with Gasteiger partial charge in [0.1, 0.15) is 12.1 Å². The number of nitrogens with zero attached hydrogens (tertiary/aromatic N) is 6. The van der Waals surface area contributed by atoms with Crippen LogP contribution in [-0.4, -0.2) is 41.8 Å². The summed E-state index contributed by atoms with van der Waals surface area (Å²) in [5, 5.41) is 15.0. The maximum absolute atomic E-state index is 13.1. The summed E-state index contributed by atoms with van der Waals surface area (Å²) in [5.74, 6) is -1.38. The van der Waals surface area contributed by atoms with Gasteiger partial charge < -0.3 is 0 Å². The van der Waals surface area contributed by atoms with Crippen LogP contribution in [0.3, 0.4) is 0 Å². The van der Waals surface area contributed by atoms with Crippen molar-refractivity contribution in [3.05, 3.63) is 83.7 Å². The summed E-state index contributed by atoms with van der Waals surface area (Å²) < 4.78 is 16.1. The molecule has 0 saturated heterocycles. The summed E-state index contributed by atoms with van der Waals surface area (Å²) in [6.45, 7) is 1.70. The fourth-order valence-electron chi connectivity index (χ4n) is 2.77. The summed E-state index contributed by atoms with van der Waals surface area (Å²) in [5.41, 5.74) is 7.17. The molecule has 2 amide bonds. The van der Waals surface area contributed by atoms with Crippen molar-refractivity contribution in [1.82, 2.24) is 40.8 Å². The van der Waals surface area contributed by atoms with E-state index >= 15 is 0 Å². The van der Waals surface area contributed by atoms with E-state index in [4.69, 9.17) is 0 Å². The number of nitrogens with one attached hydrogen (secondary N) is 2. The van der Waals surface area contributed by atoms with Crippen molar-refractivity contribution >= 4 is 11.8 Å². The van der Waals surface area contributed by atoms with Gasteiger partial charge in [-0.05, 0) is 65.9 Å². The first-order valence-electron chi connectivity index (χ1n) is 8.77. The van der Waals surface area contributed by atoms with E-state index in [0.717, 1.165) is 0 Å². The third-order valence-electron chi connectivity index (χ3n) is 4.36. The molecule has 2 N–H and O–H groups in total. The molecule has 0 aliphatic carbocycles. The van der Waals surface area contributed by atoms with Crippen LogP contribution in [0, 0.1) is 12.7 Å². The smallest absolute Gasteiger partial charge is 0.267 e. The number of halogens is 1. The molecule has 0 atom stereocenters. The number of amides is 2. The number of carbonyl (C=O) groups is 2. The van der Waals surface area contributed by atoms with Crippen molar-refractivity contribution in [2.75, 3.05) is 0 Å². The van der Waals surface area contributed by atoms with Crippen molar-refractivity contribution in [3.63, 3.8) is 0 Å². The molecule has 4 aromatic rings. The van der Waals surface area contributed by atoms with Gasteiger partial charge in [-0.2, -0.15) is 5.10 Å². The van der Waals surface area contributed by atoms with Crippen LogP contribution < -0.4 is 10.9 Å². The summed E-state index contributed by atoms with van der Waals surface area (Å²) in [6.07, 6.45) is 2.81. The van der Waals surface area contributed by atoms with E-state index in [2.05, 4.69) is 31.5 Å². The van der Waals surface area contributed by atoms with E-state index in [1.165, 1.54) is 34.0 Å². The predicted molar refractivity (Wildman–Crippen MR) is 102 cm³/mol. The lowest BCUT2D eigenvalue weighted by molar-refractivity contribution is 0.0846. The minimum Gasteiger partial charge on any atom is -0.267 e. The molecule has 0 aliphatic rings. The summed E-state index contributed by atoms with van der Waals surface area (Å²) in [6, 6.07) is 12.2. The fourth-order valence-corrected chi connectivity index (χ4v) is 2.77. The highest BCUT2D eigenvalue weighted by Gasteiger charge is 2.16. The van der Waals surface area contributed by atoms with E-state index in [9.17, 15) is 14.0 Å². The van der Waals surface area contributed by atoms with Crippen LogP contribution in [0.25, 0.3) is 11.4 Å². The summed E-state index contributed by atoms with van der Waals surface area (Å²) in [7, 11) is 0. The van der Waals surface area contributed by atoms with Crippen LogP contribution in [0.2, 0.25) is 0 Å². The monoisotopic (exact) mass is 406 g/mol. The Bertz CT molecular complexity index is 1180. The molecule has 0 aliphatic heterocycles. The maximum Gasteiger partial charge on any atom is 0.273 e. The second-order valence-corrected chi connectivity index (χ2v) is 6.24. The van der Waals surface area contributed by atoms with E-state index in [0.29, 0.717) is 22.6 Å². The first-order valence-corrected chi connectivity index (χ1v) is 8.77. The number of tetrazole rings is 1. The molecule has 0 radical (unpaired) electrons. The van der Waals surface area contributed by atoms with Gasteiger partial charge in [0.2, 0.25) is 0 Å². The van der Waals surface area contributed by atoms with Crippen molar-refractivity contribution in [3.8, 4) is 11.4 Å². The Labute approximate surface area is 169 Å². The zero-order valence-corrected chi connectivity index (χ0v) is 15.7. The lowest BCUT2D eigenvalue weighted by atomic mass is 10.2.